The quantitative estimate of drug-likeness (QED) is 0.709. The first-order valence-corrected chi connectivity index (χ1v) is 9.26. The van der Waals surface area contributed by atoms with Gasteiger partial charge in [-0.2, -0.15) is 0 Å². The summed E-state index contributed by atoms with van der Waals surface area (Å²) in [5.41, 5.74) is 1.42. The third-order valence-corrected chi connectivity index (χ3v) is 4.58. The highest BCUT2D eigenvalue weighted by Gasteiger charge is 2.18. The number of fused-ring (bicyclic) bond motifs is 1. The average Bonchev–Trinajstić information content (AvgIpc) is 2.89. The molecular weight excluding hydrogens is 336 g/mol. The van der Waals surface area contributed by atoms with Crippen LogP contribution in [0.2, 0.25) is 5.02 Å². The van der Waals surface area contributed by atoms with Crippen molar-refractivity contribution in [3.8, 4) is 5.75 Å². The lowest BCUT2D eigenvalue weighted by Crippen LogP contribution is -2.14. The number of halogens is 1. The van der Waals surface area contributed by atoms with Crippen molar-refractivity contribution in [2.45, 2.75) is 11.7 Å². The molecule has 3 rings (SSSR count). The molecule has 0 spiro atoms. The standard InChI is InChI=1S/C16H15ClN2O3S/c1-23(20,21)16-18-14-4-2-3-5-15(14)19(16)10-11-22-13-8-6-12(17)7-9-13/h2-9H,10-11H2,1H3. The highest BCUT2D eigenvalue weighted by Crippen LogP contribution is 2.20. The molecule has 3 aromatic rings. The first-order valence-electron chi connectivity index (χ1n) is 6.99. The average molecular weight is 351 g/mol. The van der Waals surface area contributed by atoms with E-state index in [1.54, 1.807) is 34.9 Å². The van der Waals surface area contributed by atoms with Crippen LogP contribution in [0.4, 0.5) is 0 Å². The minimum Gasteiger partial charge on any atom is -0.492 e. The number of ether oxygens (including phenoxy) is 1. The van der Waals surface area contributed by atoms with Crippen LogP contribution in [-0.2, 0) is 16.4 Å². The number of aromatic nitrogens is 2. The van der Waals surface area contributed by atoms with E-state index >= 15 is 0 Å². The van der Waals surface area contributed by atoms with Crippen LogP contribution in [0.25, 0.3) is 11.0 Å². The van der Waals surface area contributed by atoms with Gasteiger partial charge in [-0.3, -0.25) is 0 Å². The Kier molecular flexibility index (Phi) is 4.28. The number of hydrogen-bond donors (Lipinski definition) is 0. The molecule has 0 bridgehead atoms. The molecule has 120 valence electrons. The van der Waals surface area contributed by atoms with Crippen molar-refractivity contribution in [3.05, 3.63) is 53.6 Å². The molecule has 0 amide bonds. The second kappa shape index (κ2) is 6.22. The molecule has 5 nitrogen and oxygen atoms in total. The van der Waals surface area contributed by atoms with Crippen LogP contribution in [-0.4, -0.2) is 30.8 Å². The Bertz CT molecular complexity index is 934. The molecule has 0 aliphatic carbocycles. The Hall–Kier alpha value is -2.05. The Morgan fingerprint density at radius 2 is 1.83 bits per heavy atom. The SMILES string of the molecule is CS(=O)(=O)c1nc2ccccc2n1CCOc1ccc(Cl)cc1. The van der Waals surface area contributed by atoms with E-state index in [-0.39, 0.29) is 5.16 Å². The predicted octanol–water partition coefficient (Wildman–Crippen LogP) is 3.17. The van der Waals surface area contributed by atoms with Gasteiger partial charge in [-0.25, -0.2) is 13.4 Å². The van der Waals surface area contributed by atoms with E-state index in [2.05, 4.69) is 4.98 Å². The molecule has 1 aromatic heterocycles. The molecule has 2 aromatic carbocycles. The lowest BCUT2D eigenvalue weighted by Gasteiger charge is -2.10. The van der Waals surface area contributed by atoms with Gasteiger partial charge in [-0.05, 0) is 36.4 Å². The molecule has 0 radical (unpaired) electrons. The van der Waals surface area contributed by atoms with Crippen molar-refractivity contribution in [2.24, 2.45) is 0 Å². The van der Waals surface area contributed by atoms with Gasteiger partial charge in [0.05, 0.1) is 17.6 Å². The first-order chi connectivity index (χ1) is 10.9. The molecule has 0 aliphatic heterocycles. The molecule has 23 heavy (non-hydrogen) atoms. The fourth-order valence-electron chi connectivity index (χ4n) is 2.34. The van der Waals surface area contributed by atoms with Crippen LogP contribution < -0.4 is 4.74 Å². The van der Waals surface area contributed by atoms with Crippen molar-refractivity contribution in [2.75, 3.05) is 12.9 Å². The molecule has 0 atom stereocenters. The summed E-state index contributed by atoms with van der Waals surface area (Å²) < 4.78 is 31.2. The summed E-state index contributed by atoms with van der Waals surface area (Å²) in [6.45, 7) is 0.704. The molecule has 0 fully saturated rings. The van der Waals surface area contributed by atoms with E-state index in [4.69, 9.17) is 16.3 Å². The van der Waals surface area contributed by atoms with Crippen molar-refractivity contribution in [1.82, 2.24) is 9.55 Å². The zero-order valence-electron chi connectivity index (χ0n) is 12.4. The number of nitrogens with zero attached hydrogens (tertiary/aromatic N) is 2. The van der Waals surface area contributed by atoms with Crippen molar-refractivity contribution in [3.63, 3.8) is 0 Å². The zero-order valence-corrected chi connectivity index (χ0v) is 14.0. The summed E-state index contributed by atoms with van der Waals surface area (Å²) in [4.78, 5) is 4.22. The van der Waals surface area contributed by atoms with Gasteiger partial charge in [-0.15, -0.1) is 0 Å². The van der Waals surface area contributed by atoms with Gasteiger partial charge in [0.15, 0.2) is 0 Å². The molecular formula is C16H15ClN2O3S. The molecule has 0 saturated heterocycles. The van der Waals surface area contributed by atoms with Crippen LogP contribution in [0.5, 0.6) is 5.75 Å². The number of benzene rings is 2. The van der Waals surface area contributed by atoms with Gasteiger partial charge in [0.2, 0.25) is 15.0 Å². The molecule has 0 aliphatic rings. The normalized spacial score (nSPS) is 11.7. The molecule has 7 heteroatoms. The number of sulfone groups is 1. The highest BCUT2D eigenvalue weighted by molar-refractivity contribution is 7.90. The monoisotopic (exact) mass is 350 g/mol. The highest BCUT2D eigenvalue weighted by atomic mass is 35.5. The Morgan fingerprint density at radius 1 is 1.13 bits per heavy atom. The lowest BCUT2D eigenvalue weighted by molar-refractivity contribution is 0.295. The second-order valence-electron chi connectivity index (χ2n) is 5.11. The van der Waals surface area contributed by atoms with E-state index in [1.807, 2.05) is 18.2 Å². The maximum absolute atomic E-state index is 12.0. The smallest absolute Gasteiger partial charge is 0.228 e. The van der Waals surface area contributed by atoms with Crippen LogP contribution in [0, 0.1) is 0 Å². The van der Waals surface area contributed by atoms with Gasteiger partial charge in [0.1, 0.15) is 12.4 Å². The van der Waals surface area contributed by atoms with Crippen LogP contribution in [0.3, 0.4) is 0 Å². The van der Waals surface area contributed by atoms with Crippen molar-refractivity contribution < 1.29 is 13.2 Å². The van der Waals surface area contributed by atoms with E-state index < -0.39 is 9.84 Å². The largest absolute Gasteiger partial charge is 0.492 e. The Morgan fingerprint density at radius 3 is 2.52 bits per heavy atom. The Balaban J connectivity index is 1.85. The predicted molar refractivity (Wildman–Crippen MR) is 89.8 cm³/mol. The van der Waals surface area contributed by atoms with Crippen LogP contribution >= 0.6 is 11.6 Å². The number of rotatable bonds is 5. The second-order valence-corrected chi connectivity index (χ2v) is 7.46. The maximum atomic E-state index is 12.0. The van der Waals surface area contributed by atoms with Gasteiger partial charge in [-0.1, -0.05) is 23.7 Å². The molecule has 0 saturated carbocycles. The summed E-state index contributed by atoms with van der Waals surface area (Å²) in [6, 6.07) is 14.3. The summed E-state index contributed by atoms with van der Waals surface area (Å²) in [5.74, 6) is 0.680. The fraction of sp³-hybridized carbons (Fsp3) is 0.188. The van der Waals surface area contributed by atoms with Crippen molar-refractivity contribution >= 4 is 32.5 Å². The fourth-order valence-corrected chi connectivity index (χ4v) is 3.32. The summed E-state index contributed by atoms with van der Waals surface area (Å²) in [7, 11) is -3.42. The minimum atomic E-state index is -3.42. The Labute approximate surface area is 139 Å². The summed E-state index contributed by atoms with van der Waals surface area (Å²) >= 11 is 5.83. The third-order valence-electron chi connectivity index (χ3n) is 3.35. The van der Waals surface area contributed by atoms with E-state index in [0.29, 0.717) is 29.4 Å². The van der Waals surface area contributed by atoms with Gasteiger partial charge >= 0.3 is 0 Å². The van der Waals surface area contributed by atoms with Gasteiger partial charge in [0, 0.05) is 11.3 Å². The molecule has 1 heterocycles. The van der Waals surface area contributed by atoms with E-state index in [1.165, 1.54) is 0 Å². The van der Waals surface area contributed by atoms with Crippen LogP contribution in [0.15, 0.2) is 53.7 Å². The third kappa shape index (κ3) is 3.48. The minimum absolute atomic E-state index is 0.0541. The number of para-hydroxylation sites is 2. The molecule has 0 unspecified atom stereocenters. The maximum Gasteiger partial charge on any atom is 0.228 e. The molecule has 0 N–H and O–H groups in total. The van der Waals surface area contributed by atoms with Crippen LogP contribution in [0.1, 0.15) is 0 Å². The summed E-state index contributed by atoms with van der Waals surface area (Å²) in [5, 5.41) is 0.690. The summed E-state index contributed by atoms with van der Waals surface area (Å²) in [6.07, 6.45) is 1.16. The number of imidazole rings is 1. The topological polar surface area (TPSA) is 61.2 Å². The first kappa shape index (κ1) is 15.8. The van der Waals surface area contributed by atoms with Crippen molar-refractivity contribution in [1.29, 1.82) is 0 Å². The lowest BCUT2D eigenvalue weighted by atomic mass is 10.3. The zero-order chi connectivity index (χ0) is 16.4. The number of hydrogen-bond acceptors (Lipinski definition) is 4. The van der Waals surface area contributed by atoms with Gasteiger partial charge < -0.3 is 9.30 Å². The van der Waals surface area contributed by atoms with E-state index in [9.17, 15) is 8.42 Å². The van der Waals surface area contributed by atoms with E-state index in [0.717, 1.165) is 11.8 Å². The van der Waals surface area contributed by atoms with Gasteiger partial charge in [0.25, 0.3) is 0 Å².